The van der Waals surface area contributed by atoms with Crippen LogP contribution in [0.1, 0.15) is 51.0 Å². The molecule has 1 aliphatic rings. The van der Waals surface area contributed by atoms with Gasteiger partial charge in [-0.05, 0) is 37.0 Å². The minimum absolute atomic E-state index is 0.262. The Balaban J connectivity index is 2.17. The van der Waals surface area contributed by atoms with Crippen molar-refractivity contribution >= 4 is 8.32 Å². The largest absolute Gasteiger partial charge is 0.469 e. The number of rotatable bonds is 2. The average molecular weight is 252 g/mol. The van der Waals surface area contributed by atoms with Crippen molar-refractivity contribution in [1.82, 2.24) is 0 Å². The molecule has 0 amide bonds. The molecular weight excluding hydrogens is 228 g/mol. The van der Waals surface area contributed by atoms with E-state index in [0.717, 1.165) is 18.6 Å². The van der Waals surface area contributed by atoms with Crippen LogP contribution in [0.4, 0.5) is 0 Å². The molecule has 0 aliphatic heterocycles. The summed E-state index contributed by atoms with van der Waals surface area (Å²) >= 11 is 0. The van der Waals surface area contributed by atoms with E-state index in [1.165, 1.54) is 12.0 Å². The molecule has 1 atom stereocenters. The number of furan rings is 1. The van der Waals surface area contributed by atoms with Crippen molar-refractivity contribution in [3.63, 3.8) is 0 Å². The van der Waals surface area contributed by atoms with Crippen molar-refractivity contribution in [3.05, 3.63) is 23.7 Å². The van der Waals surface area contributed by atoms with Gasteiger partial charge in [0.05, 0.1) is 12.4 Å². The summed E-state index contributed by atoms with van der Waals surface area (Å²) in [7, 11) is -1.68. The van der Waals surface area contributed by atoms with Gasteiger partial charge in [-0.2, -0.15) is 0 Å². The SMILES string of the molecule is CC(C)(C)[Si](C)(C)OC1CCCc2occc21. The minimum Gasteiger partial charge on any atom is -0.469 e. The third-order valence-corrected chi connectivity index (χ3v) is 8.73. The molecule has 0 aromatic carbocycles. The molecule has 0 spiro atoms. The lowest BCUT2D eigenvalue weighted by molar-refractivity contribution is 0.159. The Labute approximate surface area is 105 Å². The molecule has 0 bridgehead atoms. The smallest absolute Gasteiger partial charge is 0.192 e. The van der Waals surface area contributed by atoms with E-state index in [4.69, 9.17) is 8.84 Å². The highest BCUT2D eigenvalue weighted by molar-refractivity contribution is 6.74. The van der Waals surface area contributed by atoms with Crippen molar-refractivity contribution in [1.29, 1.82) is 0 Å². The van der Waals surface area contributed by atoms with Crippen LogP contribution in [-0.2, 0) is 10.8 Å². The van der Waals surface area contributed by atoms with E-state index in [-0.39, 0.29) is 11.1 Å². The zero-order valence-electron chi connectivity index (χ0n) is 11.7. The van der Waals surface area contributed by atoms with Gasteiger partial charge in [0.15, 0.2) is 8.32 Å². The van der Waals surface area contributed by atoms with E-state index >= 15 is 0 Å². The minimum atomic E-state index is -1.68. The van der Waals surface area contributed by atoms with Crippen LogP contribution in [0.15, 0.2) is 16.7 Å². The second-order valence-electron chi connectivity index (χ2n) is 6.56. The number of hydrogen-bond donors (Lipinski definition) is 0. The van der Waals surface area contributed by atoms with Crippen LogP contribution >= 0.6 is 0 Å². The highest BCUT2D eigenvalue weighted by Crippen LogP contribution is 2.42. The number of fused-ring (bicyclic) bond motifs is 1. The first-order chi connectivity index (χ1) is 7.81. The molecule has 2 nitrogen and oxygen atoms in total. The molecular formula is C14H24O2Si. The summed E-state index contributed by atoms with van der Waals surface area (Å²) in [4.78, 5) is 0. The Bertz CT molecular complexity index is 387. The van der Waals surface area contributed by atoms with Gasteiger partial charge in [-0.15, -0.1) is 0 Å². The fourth-order valence-electron chi connectivity index (χ4n) is 2.10. The van der Waals surface area contributed by atoms with E-state index < -0.39 is 8.32 Å². The van der Waals surface area contributed by atoms with Gasteiger partial charge in [-0.3, -0.25) is 0 Å². The normalized spacial score (nSPS) is 21.4. The van der Waals surface area contributed by atoms with Gasteiger partial charge in [-0.25, -0.2) is 0 Å². The fraction of sp³-hybridized carbons (Fsp3) is 0.714. The van der Waals surface area contributed by atoms with Crippen molar-refractivity contribution < 1.29 is 8.84 Å². The lowest BCUT2D eigenvalue weighted by Gasteiger charge is -2.40. The monoisotopic (exact) mass is 252 g/mol. The molecule has 96 valence electrons. The zero-order chi connectivity index (χ0) is 12.7. The summed E-state index contributed by atoms with van der Waals surface area (Å²) in [5.41, 5.74) is 1.29. The molecule has 1 aromatic rings. The Morgan fingerprint density at radius 3 is 2.71 bits per heavy atom. The lowest BCUT2D eigenvalue weighted by atomic mass is 9.96. The van der Waals surface area contributed by atoms with E-state index in [1.807, 2.05) is 0 Å². The summed E-state index contributed by atoms with van der Waals surface area (Å²) in [6.07, 6.45) is 5.45. The van der Waals surface area contributed by atoms with Crippen LogP contribution < -0.4 is 0 Å². The molecule has 1 aromatic heterocycles. The molecule has 2 rings (SSSR count). The molecule has 0 fully saturated rings. The van der Waals surface area contributed by atoms with Gasteiger partial charge in [0, 0.05) is 12.0 Å². The maximum atomic E-state index is 6.51. The Morgan fingerprint density at radius 2 is 2.06 bits per heavy atom. The van der Waals surface area contributed by atoms with Crippen molar-refractivity contribution in [3.8, 4) is 0 Å². The highest BCUT2D eigenvalue weighted by atomic mass is 28.4. The fourth-order valence-corrected chi connectivity index (χ4v) is 3.41. The van der Waals surface area contributed by atoms with Crippen molar-refractivity contribution in [2.24, 2.45) is 0 Å². The van der Waals surface area contributed by atoms with Gasteiger partial charge in [0.1, 0.15) is 5.76 Å². The molecule has 0 saturated heterocycles. The standard InChI is InChI=1S/C14H24O2Si/c1-14(2,3)17(4,5)16-13-8-6-7-12-11(13)9-10-15-12/h9-10,13H,6-8H2,1-5H3. The van der Waals surface area contributed by atoms with E-state index in [2.05, 4.69) is 39.9 Å². The van der Waals surface area contributed by atoms with E-state index in [9.17, 15) is 0 Å². The van der Waals surface area contributed by atoms with Crippen molar-refractivity contribution in [2.45, 2.75) is 64.3 Å². The van der Waals surface area contributed by atoms with E-state index in [0.29, 0.717) is 0 Å². The number of aryl methyl sites for hydroxylation is 1. The Hall–Kier alpha value is -0.543. The predicted octanol–water partition coefficient (Wildman–Crippen LogP) is 4.68. The van der Waals surface area contributed by atoms with Gasteiger partial charge < -0.3 is 8.84 Å². The summed E-state index contributed by atoms with van der Waals surface area (Å²) in [6, 6.07) is 2.09. The van der Waals surface area contributed by atoms with Crippen LogP contribution in [-0.4, -0.2) is 8.32 Å². The first kappa shape index (κ1) is 12.9. The second-order valence-corrected chi connectivity index (χ2v) is 11.3. The van der Waals surface area contributed by atoms with Gasteiger partial charge in [-0.1, -0.05) is 20.8 Å². The topological polar surface area (TPSA) is 22.4 Å². The van der Waals surface area contributed by atoms with Gasteiger partial charge in [0.2, 0.25) is 0 Å². The third kappa shape index (κ3) is 2.50. The molecule has 1 heterocycles. The van der Waals surface area contributed by atoms with Crippen molar-refractivity contribution in [2.75, 3.05) is 0 Å². The third-order valence-electron chi connectivity index (χ3n) is 4.24. The van der Waals surface area contributed by atoms with Crippen LogP contribution in [0.5, 0.6) is 0 Å². The number of hydrogen-bond acceptors (Lipinski definition) is 2. The molecule has 0 N–H and O–H groups in total. The highest BCUT2D eigenvalue weighted by Gasteiger charge is 2.40. The molecule has 3 heteroatoms. The maximum Gasteiger partial charge on any atom is 0.192 e. The second kappa shape index (κ2) is 4.29. The summed E-state index contributed by atoms with van der Waals surface area (Å²) in [5, 5.41) is 0.272. The summed E-state index contributed by atoms with van der Waals surface area (Å²) in [6.45, 7) is 11.5. The quantitative estimate of drug-likeness (QED) is 0.713. The Kier molecular flexibility index (Phi) is 3.25. The zero-order valence-corrected chi connectivity index (χ0v) is 12.7. The molecule has 0 saturated carbocycles. The molecule has 1 aliphatic carbocycles. The van der Waals surface area contributed by atoms with Crippen LogP contribution in [0.25, 0.3) is 0 Å². The maximum absolute atomic E-state index is 6.51. The molecule has 1 unspecified atom stereocenters. The first-order valence-corrected chi connectivity index (χ1v) is 9.46. The predicted molar refractivity (Wildman–Crippen MR) is 72.7 cm³/mol. The summed E-state index contributed by atoms with van der Waals surface area (Å²) in [5.74, 6) is 1.14. The molecule has 0 radical (unpaired) electrons. The molecule has 17 heavy (non-hydrogen) atoms. The summed E-state index contributed by atoms with van der Waals surface area (Å²) < 4.78 is 12.0. The van der Waals surface area contributed by atoms with Gasteiger partial charge in [0.25, 0.3) is 0 Å². The Morgan fingerprint density at radius 1 is 1.35 bits per heavy atom. The van der Waals surface area contributed by atoms with Gasteiger partial charge >= 0.3 is 0 Å². The van der Waals surface area contributed by atoms with Crippen LogP contribution in [0, 0.1) is 0 Å². The average Bonchev–Trinajstić information content (AvgIpc) is 2.64. The first-order valence-electron chi connectivity index (χ1n) is 6.55. The lowest BCUT2D eigenvalue weighted by Crippen LogP contribution is -2.42. The van der Waals surface area contributed by atoms with Crippen LogP contribution in [0.2, 0.25) is 18.1 Å². The van der Waals surface area contributed by atoms with Crippen LogP contribution in [0.3, 0.4) is 0 Å². The van der Waals surface area contributed by atoms with E-state index in [1.54, 1.807) is 6.26 Å².